The van der Waals surface area contributed by atoms with Crippen LogP contribution in [0.1, 0.15) is 25.7 Å². The topological polar surface area (TPSA) is 46.6 Å². The second-order valence-corrected chi connectivity index (χ2v) is 4.45. The zero-order valence-corrected chi connectivity index (χ0v) is 8.41. The number of ketones is 1. The van der Waals surface area contributed by atoms with E-state index in [9.17, 15) is 9.59 Å². The number of carbonyl (C=O) groups is 2. The number of hydrogen-bond donors (Lipinski definition) is 0. The second-order valence-electron chi connectivity index (χ2n) is 4.45. The highest BCUT2D eigenvalue weighted by molar-refractivity contribution is 5.79. The van der Waals surface area contributed by atoms with Crippen molar-refractivity contribution in [2.45, 2.75) is 25.7 Å². The number of amides is 1. The summed E-state index contributed by atoms with van der Waals surface area (Å²) in [6.07, 6.45) is 2.77. The van der Waals surface area contributed by atoms with Crippen LogP contribution in [0.4, 0.5) is 4.79 Å². The molecule has 1 saturated heterocycles. The highest BCUT2D eigenvalue weighted by Gasteiger charge is 2.41. The van der Waals surface area contributed by atoms with Crippen molar-refractivity contribution in [1.82, 2.24) is 4.90 Å². The van der Waals surface area contributed by atoms with E-state index in [1.54, 1.807) is 11.9 Å². The lowest BCUT2D eigenvalue weighted by Crippen LogP contribution is -2.49. The number of carbonyl (C=O) groups excluding carboxylic acids is 2. The molecule has 0 radical (unpaired) electrons. The van der Waals surface area contributed by atoms with E-state index in [1.807, 2.05) is 0 Å². The Bertz CT molecular complexity index is 259. The van der Waals surface area contributed by atoms with E-state index in [1.165, 1.54) is 0 Å². The largest absolute Gasteiger partial charge is 0.449 e. The molecule has 0 aromatic heterocycles. The van der Waals surface area contributed by atoms with Crippen LogP contribution >= 0.6 is 0 Å². The number of nitrogens with zero attached hydrogens (tertiary/aromatic N) is 1. The van der Waals surface area contributed by atoms with Gasteiger partial charge in [0.25, 0.3) is 0 Å². The molecule has 1 amide bonds. The molecule has 1 spiro atoms. The zero-order chi connectivity index (χ0) is 10.2. The molecule has 0 aromatic carbocycles. The molecule has 0 unspecified atom stereocenters. The van der Waals surface area contributed by atoms with Crippen molar-refractivity contribution in [3.05, 3.63) is 0 Å². The molecule has 0 atom stereocenters. The second kappa shape index (κ2) is 3.26. The van der Waals surface area contributed by atoms with E-state index >= 15 is 0 Å². The van der Waals surface area contributed by atoms with Gasteiger partial charge in [0.15, 0.2) is 0 Å². The Labute approximate surface area is 83.2 Å². The highest BCUT2D eigenvalue weighted by atomic mass is 16.6. The lowest BCUT2D eigenvalue weighted by atomic mass is 9.73. The standard InChI is InChI=1S/C10H15NO3/c1-11-6-10(7-14-9(11)13)4-2-8(12)3-5-10/h2-7H2,1H3. The van der Waals surface area contributed by atoms with Gasteiger partial charge in [-0.15, -0.1) is 0 Å². The fraction of sp³-hybridized carbons (Fsp3) is 0.800. The molecule has 78 valence electrons. The average Bonchev–Trinajstić information content (AvgIpc) is 2.18. The summed E-state index contributed by atoms with van der Waals surface area (Å²) in [5, 5.41) is 0. The maximum Gasteiger partial charge on any atom is 0.409 e. The van der Waals surface area contributed by atoms with E-state index in [-0.39, 0.29) is 11.5 Å². The predicted molar refractivity (Wildman–Crippen MR) is 49.9 cm³/mol. The molecule has 0 bridgehead atoms. The van der Waals surface area contributed by atoms with Gasteiger partial charge in [-0.3, -0.25) is 4.79 Å². The molecule has 2 fully saturated rings. The first-order valence-electron chi connectivity index (χ1n) is 5.01. The van der Waals surface area contributed by atoms with Gasteiger partial charge < -0.3 is 9.64 Å². The van der Waals surface area contributed by atoms with Crippen molar-refractivity contribution in [2.24, 2.45) is 5.41 Å². The zero-order valence-electron chi connectivity index (χ0n) is 8.41. The fourth-order valence-corrected chi connectivity index (χ4v) is 2.30. The minimum atomic E-state index is -0.243. The summed E-state index contributed by atoms with van der Waals surface area (Å²) in [7, 11) is 1.75. The molecule has 4 heteroatoms. The summed E-state index contributed by atoms with van der Waals surface area (Å²) in [5.74, 6) is 0.343. The summed E-state index contributed by atoms with van der Waals surface area (Å²) >= 11 is 0. The molecule has 1 aliphatic carbocycles. The smallest absolute Gasteiger partial charge is 0.409 e. The van der Waals surface area contributed by atoms with Crippen LogP contribution < -0.4 is 0 Å². The Hall–Kier alpha value is -1.06. The monoisotopic (exact) mass is 197 g/mol. The van der Waals surface area contributed by atoms with E-state index < -0.39 is 0 Å². The van der Waals surface area contributed by atoms with Crippen molar-refractivity contribution in [3.8, 4) is 0 Å². The SMILES string of the molecule is CN1CC2(CCC(=O)CC2)COC1=O. The van der Waals surface area contributed by atoms with Gasteiger partial charge in [0.2, 0.25) is 0 Å². The number of Topliss-reactive ketones (excluding diaryl/α,β-unsaturated/α-hetero) is 1. The first kappa shape index (κ1) is 9.49. The van der Waals surface area contributed by atoms with Crippen LogP contribution in [-0.2, 0) is 9.53 Å². The molecule has 0 N–H and O–H groups in total. The van der Waals surface area contributed by atoms with E-state index in [0.717, 1.165) is 19.4 Å². The van der Waals surface area contributed by atoms with Crippen LogP contribution in [0.15, 0.2) is 0 Å². The lowest BCUT2D eigenvalue weighted by molar-refractivity contribution is -0.124. The summed E-state index contributed by atoms with van der Waals surface area (Å²) in [5.41, 5.74) is 0.0522. The normalized spacial score (nSPS) is 26.5. The minimum absolute atomic E-state index is 0.0522. The highest BCUT2D eigenvalue weighted by Crippen LogP contribution is 2.37. The number of hydrogen-bond acceptors (Lipinski definition) is 3. The van der Waals surface area contributed by atoms with Crippen LogP contribution in [0.25, 0.3) is 0 Å². The minimum Gasteiger partial charge on any atom is -0.449 e. The Morgan fingerprint density at radius 3 is 2.50 bits per heavy atom. The van der Waals surface area contributed by atoms with Crippen molar-refractivity contribution in [1.29, 1.82) is 0 Å². The summed E-state index contributed by atoms with van der Waals surface area (Å²) in [6, 6.07) is 0. The Balaban J connectivity index is 2.03. The molecule has 0 aromatic rings. The Morgan fingerprint density at radius 1 is 1.29 bits per heavy atom. The third kappa shape index (κ3) is 1.61. The van der Waals surface area contributed by atoms with Crippen molar-refractivity contribution < 1.29 is 14.3 Å². The fourth-order valence-electron chi connectivity index (χ4n) is 2.30. The van der Waals surface area contributed by atoms with Gasteiger partial charge in [0, 0.05) is 31.8 Å². The van der Waals surface area contributed by atoms with Crippen LogP contribution in [0.3, 0.4) is 0 Å². The van der Waals surface area contributed by atoms with Crippen LogP contribution in [0.2, 0.25) is 0 Å². The van der Waals surface area contributed by atoms with Gasteiger partial charge in [-0.1, -0.05) is 0 Å². The van der Waals surface area contributed by atoms with Gasteiger partial charge in [-0.05, 0) is 12.8 Å². The number of ether oxygens (including phenoxy) is 1. The quantitative estimate of drug-likeness (QED) is 0.586. The third-order valence-corrected chi connectivity index (χ3v) is 3.25. The maximum atomic E-state index is 11.1. The molecule has 2 aliphatic rings. The summed E-state index contributed by atoms with van der Waals surface area (Å²) < 4.78 is 5.09. The van der Waals surface area contributed by atoms with E-state index in [4.69, 9.17) is 4.74 Å². The number of cyclic esters (lactones) is 1. The van der Waals surface area contributed by atoms with Gasteiger partial charge >= 0.3 is 6.09 Å². The third-order valence-electron chi connectivity index (χ3n) is 3.25. The van der Waals surface area contributed by atoms with E-state index in [0.29, 0.717) is 25.2 Å². The summed E-state index contributed by atoms with van der Waals surface area (Å²) in [6.45, 7) is 1.22. The predicted octanol–water partition coefficient (Wildman–Crippen LogP) is 1.20. The maximum absolute atomic E-state index is 11.1. The van der Waals surface area contributed by atoms with Crippen LogP contribution in [0.5, 0.6) is 0 Å². The van der Waals surface area contributed by atoms with Gasteiger partial charge in [-0.25, -0.2) is 4.79 Å². The van der Waals surface area contributed by atoms with Crippen molar-refractivity contribution in [3.63, 3.8) is 0 Å². The molecule has 1 saturated carbocycles. The first-order valence-corrected chi connectivity index (χ1v) is 5.01. The molecular weight excluding hydrogens is 182 g/mol. The Morgan fingerprint density at radius 2 is 1.93 bits per heavy atom. The average molecular weight is 197 g/mol. The van der Waals surface area contributed by atoms with Crippen molar-refractivity contribution >= 4 is 11.9 Å². The molecular formula is C10H15NO3. The van der Waals surface area contributed by atoms with Gasteiger partial charge in [0.05, 0.1) is 0 Å². The molecule has 2 rings (SSSR count). The first-order chi connectivity index (χ1) is 6.61. The van der Waals surface area contributed by atoms with Crippen molar-refractivity contribution in [2.75, 3.05) is 20.2 Å². The van der Waals surface area contributed by atoms with Gasteiger partial charge in [-0.2, -0.15) is 0 Å². The molecule has 1 aliphatic heterocycles. The summed E-state index contributed by atoms with van der Waals surface area (Å²) in [4.78, 5) is 23.8. The molecule has 1 heterocycles. The van der Waals surface area contributed by atoms with Gasteiger partial charge in [0.1, 0.15) is 12.4 Å². The lowest BCUT2D eigenvalue weighted by Gasteiger charge is -2.42. The molecule has 4 nitrogen and oxygen atoms in total. The molecule has 14 heavy (non-hydrogen) atoms. The van der Waals surface area contributed by atoms with Crippen LogP contribution in [-0.4, -0.2) is 37.0 Å². The Kier molecular flexibility index (Phi) is 2.21. The van der Waals surface area contributed by atoms with Crippen LogP contribution in [0, 0.1) is 5.41 Å². The number of rotatable bonds is 0. The van der Waals surface area contributed by atoms with E-state index in [2.05, 4.69) is 0 Å².